The second-order valence-electron chi connectivity index (χ2n) is 6.53. The molecule has 1 aliphatic rings. The maximum Gasteiger partial charge on any atom is 0.168 e. The van der Waals surface area contributed by atoms with Crippen LogP contribution in [0.5, 0.6) is 5.75 Å². The number of anilines is 1. The minimum absolute atomic E-state index is 0.0799. The van der Waals surface area contributed by atoms with E-state index >= 15 is 0 Å². The molecule has 3 heterocycles. The maximum absolute atomic E-state index is 14.3. The molecular formula is C18H19F2N5O. The van der Waals surface area contributed by atoms with Crippen LogP contribution in [0.3, 0.4) is 0 Å². The summed E-state index contributed by atoms with van der Waals surface area (Å²) in [7, 11) is 1.60. The highest BCUT2D eigenvalue weighted by molar-refractivity contribution is 5.62. The van der Waals surface area contributed by atoms with E-state index < -0.39 is 11.6 Å². The zero-order chi connectivity index (χ0) is 18.3. The minimum atomic E-state index is -0.891. The predicted molar refractivity (Wildman–Crippen MR) is 92.9 cm³/mol. The van der Waals surface area contributed by atoms with Gasteiger partial charge in [0, 0.05) is 18.1 Å². The van der Waals surface area contributed by atoms with E-state index in [1.807, 2.05) is 0 Å². The van der Waals surface area contributed by atoms with Crippen molar-refractivity contribution >= 4 is 11.5 Å². The van der Waals surface area contributed by atoms with E-state index in [0.29, 0.717) is 17.1 Å². The van der Waals surface area contributed by atoms with Crippen LogP contribution >= 0.6 is 0 Å². The van der Waals surface area contributed by atoms with Crippen LogP contribution in [0.25, 0.3) is 17.0 Å². The molecule has 2 N–H and O–H groups in total. The number of hydrogen-bond donors (Lipinski definition) is 1. The van der Waals surface area contributed by atoms with E-state index in [-0.39, 0.29) is 17.4 Å². The summed E-state index contributed by atoms with van der Waals surface area (Å²) in [4.78, 5) is 8.11. The normalized spacial score (nSPS) is 15.5. The van der Waals surface area contributed by atoms with Gasteiger partial charge in [0.25, 0.3) is 0 Å². The Labute approximate surface area is 149 Å². The van der Waals surface area contributed by atoms with E-state index in [4.69, 9.17) is 10.5 Å². The third kappa shape index (κ3) is 2.75. The first kappa shape index (κ1) is 16.7. The fourth-order valence-corrected chi connectivity index (χ4v) is 3.56. The number of aromatic nitrogens is 4. The van der Waals surface area contributed by atoms with Crippen LogP contribution in [0.1, 0.15) is 43.7 Å². The summed E-state index contributed by atoms with van der Waals surface area (Å²) >= 11 is 0. The number of nitrogen functional groups attached to an aromatic ring is 1. The molecule has 26 heavy (non-hydrogen) atoms. The zero-order valence-electron chi connectivity index (χ0n) is 14.4. The summed E-state index contributed by atoms with van der Waals surface area (Å²) in [6.07, 6.45) is 7.05. The molecule has 3 aromatic rings. The lowest BCUT2D eigenvalue weighted by atomic mass is 9.86. The maximum atomic E-state index is 14.3. The third-order valence-corrected chi connectivity index (χ3v) is 4.90. The Morgan fingerprint density at radius 3 is 2.65 bits per heavy atom. The third-order valence-electron chi connectivity index (χ3n) is 4.90. The number of nitrogens with two attached hydrogens (primary N) is 1. The number of imidazole rings is 1. The smallest absolute Gasteiger partial charge is 0.168 e. The van der Waals surface area contributed by atoms with Gasteiger partial charge in [-0.2, -0.15) is 5.10 Å². The van der Waals surface area contributed by atoms with Crippen molar-refractivity contribution in [2.45, 2.75) is 38.0 Å². The highest BCUT2D eigenvalue weighted by Gasteiger charge is 2.24. The van der Waals surface area contributed by atoms with Crippen molar-refractivity contribution in [2.75, 3.05) is 12.8 Å². The Balaban J connectivity index is 1.88. The lowest BCUT2D eigenvalue weighted by Gasteiger charge is -2.22. The zero-order valence-corrected chi connectivity index (χ0v) is 14.4. The lowest BCUT2D eigenvalue weighted by Crippen LogP contribution is -2.11. The number of fused-ring (bicyclic) bond motifs is 1. The van der Waals surface area contributed by atoms with Crippen LogP contribution < -0.4 is 10.5 Å². The van der Waals surface area contributed by atoms with Crippen molar-refractivity contribution in [3.05, 3.63) is 35.7 Å². The molecule has 0 spiro atoms. The van der Waals surface area contributed by atoms with Crippen molar-refractivity contribution in [3.8, 4) is 17.1 Å². The van der Waals surface area contributed by atoms with Crippen LogP contribution in [-0.2, 0) is 0 Å². The van der Waals surface area contributed by atoms with Crippen LogP contribution in [0.4, 0.5) is 14.6 Å². The summed E-state index contributed by atoms with van der Waals surface area (Å²) in [5.74, 6) is -1.10. The topological polar surface area (TPSA) is 78.3 Å². The van der Waals surface area contributed by atoms with E-state index in [0.717, 1.165) is 37.4 Å². The quantitative estimate of drug-likeness (QED) is 0.771. The molecule has 8 heteroatoms. The van der Waals surface area contributed by atoms with Gasteiger partial charge in [0.2, 0.25) is 0 Å². The molecule has 0 saturated heterocycles. The summed E-state index contributed by atoms with van der Waals surface area (Å²) in [5.41, 5.74) is 7.08. The van der Waals surface area contributed by atoms with Gasteiger partial charge < -0.3 is 10.5 Å². The number of nitrogens with zero attached hydrogens (tertiary/aromatic N) is 4. The first-order chi connectivity index (χ1) is 12.6. The Morgan fingerprint density at radius 1 is 1.15 bits per heavy atom. The molecule has 0 aliphatic heterocycles. The van der Waals surface area contributed by atoms with Gasteiger partial charge >= 0.3 is 0 Å². The minimum Gasteiger partial charge on any atom is -0.495 e. The molecule has 0 radical (unpaired) electrons. The molecule has 6 nitrogen and oxygen atoms in total. The molecule has 0 amide bonds. The average Bonchev–Trinajstić information content (AvgIpc) is 3.07. The lowest BCUT2D eigenvalue weighted by molar-refractivity contribution is 0.377. The number of ether oxygens (including phenoxy) is 1. The van der Waals surface area contributed by atoms with Gasteiger partial charge in [-0.15, -0.1) is 0 Å². The molecule has 3 aromatic heterocycles. The van der Waals surface area contributed by atoms with Crippen LogP contribution in [0.15, 0.2) is 18.3 Å². The summed E-state index contributed by atoms with van der Waals surface area (Å²) in [6.45, 7) is 0. The molecule has 1 fully saturated rings. The van der Waals surface area contributed by atoms with E-state index in [1.54, 1.807) is 13.2 Å². The van der Waals surface area contributed by atoms with Gasteiger partial charge in [0.15, 0.2) is 23.1 Å². The van der Waals surface area contributed by atoms with Crippen LogP contribution in [0, 0.1) is 11.6 Å². The van der Waals surface area contributed by atoms with E-state index in [1.165, 1.54) is 17.1 Å². The molecule has 0 bridgehead atoms. The number of pyridine rings is 1. The monoisotopic (exact) mass is 359 g/mol. The Hall–Kier alpha value is -2.77. The van der Waals surface area contributed by atoms with Crippen molar-refractivity contribution in [2.24, 2.45) is 0 Å². The standard InChI is InChI=1S/C18H19F2N5O/c1-26-14-8-15-22-9-13(17-11(19)7-12(20)18(21)23-17)25(15)24-16(14)10-5-3-2-4-6-10/h7-10H,2-6H2,1H3,(H2,21,23). The molecule has 0 atom stereocenters. The van der Waals surface area contributed by atoms with Crippen LogP contribution in [0.2, 0.25) is 0 Å². The summed E-state index contributed by atoms with van der Waals surface area (Å²) < 4.78 is 34.7. The predicted octanol–water partition coefficient (Wildman–Crippen LogP) is 3.71. The van der Waals surface area contributed by atoms with Crippen molar-refractivity contribution in [3.63, 3.8) is 0 Å². The molecule has 4 rings (SSSR count). The highest BCUT2D eigenvalue weighted by atomic mass is 19.1. The van der Waals surface area contributed by atoms with Gasteiger partial charge in [-0.25, -0.2) is 23.3 Å². The first-order valence-electron chi connectivity index (χ1n) is 8.63. The molecule has 136 valence electrons. The van der Waals surface area contributed by atoms with Crippen molar-refractivity contribution in [1.82, 2.24) is 19.6 Å². The van der Waals surface area contributed by atoms with Crippen molar-refractivity contribution < 1.29 is 13.5 Å². The fourth-order valence-electron chi connectivity index (χ4n) is 3.56. The molecular weight excluding hydrogens is 340 g/mol. The molecule has 0 aromatic carbocycles. The van der Waals surface area contributed by atoms with E-state index in [9.17, 15) is 8.78 Å². The average molecular weight is 359 g/mol. The van der Waals surface area contributed by atoms with E-state index in [2.05, 4.69) is 15.1 Å². The molecule has 0 unspecified atom stereocenters. The fraction of sp³-hybridized carbons (Fsp3) is 0.389. The number of rotatable bonds is 3. The number of halogens is 2. The SMILES string of the molecule is COc1cc2ncc(-c3nc(N)c(F)cc3F)n2nc1C1CCCCC1. The summed E-state index contributed by atoms with van der Waals surface area (Å²) in [6, 6.07) is 2.51. The molecule has 1 aliphatic carbocycles. The number of methoxy groups -OCH3 is 1. The highest BCUT2D eigenvalue weighted by Crippen LogP contribution is 2.37. The Morgan fingerprint density at radius 2 is 1.92 bits per heavy atom. The number of hydrogen-bond acceptors (Lipinski definition) is 5. The van der Waals surface area contributed by atoms with Gasteiger partial charge in [-0.05, 0) is 12.8 Å². The van der Waals surface area contributed by atoms with Gasteiger partial charge in [0.1, 0.15) is 22.8 Å². The van der Waals surface area contributed by atoms with Gasteiger partial charge in [-0.1, -0.05) is 19.3 Å². The molecule has 1 saturated carbocycles. The first-order valence-corrected chi connectivity index (χ1v) is 8.63. The van der Waals surface area contributed by atoms with Crippen molar-refractivity contribution in [1.29, 1.82) is 0 Å². The van der Waals surface area contributed by atoms with Crippen LogP contribution in [-0.4, -0.2) is 26.7 Å². The Bertz CT molecular complexity index is 966. The second kappa shape index (κ2) is 6.51. The second-order valence-corrected chi connectivity index (χ2v) is 6.53. The Kier molecular flexibility index (Phi) is 4.18. The largest absolute Gasteiger partial charge is 0.495 e. The van der Waals surface area contributed by atoms with Gasteiger partial charge in [0.05, 0.1) is 13.3 Å². The summed E-state index contributed by atoms with van der Waals surface area (Å²) in [5, 5.41) is 4.69. The van der Waals surface area contributed by atoms with Gasteiger partial charge in [-0.3, -0.25) is 0 Å².